The van der Waals surface area contributed by atoms with Crippen LogP contribution in [0.1, 0.15) is 18.1 Å². The number of benzene rings is 1. The molecule has 0 N–H and O–H groups in total. The van der Waals surface area contributed by atoms with Crippen LogP contribution in [0.4, 0.5) is 5.69 Å². The van der Waals surface area contributed by atoms with E-state index in [1.54, 1.807) is 0 Å². The average molecular weight is 294 g/mol. The Labute approximate surface area is 133 Å². The Bertz CT molecular complexity index is 733. The van der Waals surface area contributed by atoms with Crippen molar-refractivity contribution in [2.45, 2.75) is 26.9 Å². The number of aryl methyl sites for hydroxylation is 2. The van der Waals surface area contributed by atoms with Crippen LogP contribution in [0.5, 0.6) is 0 Å². The number of hydrogen-bond donors (Lipinski definition) is 0. The van der Waals surface area contributed by atoms with E-state index in [0.29, 0.717) is 6.17 Å². The first-order chi connectivity index (χ1) is 10.5. The minimum Gasteiger partial charge on any atom is -0.359 e. The fraction of sp³-hybridized carbons (Fsp3) is 0.316. The highest BCUT2D eigenvalue weighted by Gasteiger charge is 2.23. The summed E-state index contributed by atoms with van der Waals surface area (Å²) in [5, 5.41) is 0. The highest BCUT2D eigenvalue weighted by molar-refractivity contribution is 5.72. The molecule has 0 aliphatic carbocycles. The molecule has 0 spiro atoms. The van der Waals surface area contributed by atoms with Crippen molar-refractivity contribution in [2.75, 3.05) is 11.9 Å². The van der Waals surface area contributed by atoms with E-state index >= 15 is 0 Å². The van der Waals surface area contributed by atoms with Crippen molar-refractivity contribution in [3.8, 4) is 11.3 Å². The van der Waals surface area contributed by atoms with Crippen molar-refractivity contribution in [1.82, 2.24) is 4.90 Å². The van der Waals surface area contributed by atoms with E-state index in [1.165, 1.54) is 28.1 Å². The van der Waals surface area contributed by atoms with Gasteiger partial charge < -0.3 is 9.80 Å². The maximum Gasteiger partial charge on any atom is 0.212 e. The molecule has 2 heterocycles. The van der Waals surface area contributed by atoms with Gasteiger partial charge in [0.2, 0.25) is 5.69 Å². The summed E-state index contributed by atoms with van der Waals surface area (Å²) in [6, 6.07) is 11.0. The van der Waals surface area contributed by atoms with Gasteiger partial charge in [0.05, 0.1) is 5.56 Å². The first-order valence-corrected chi connectivity index (χ1v) is 7.74. The molecule has 1 aromatic carbocycles. The standard InChI is InChI=1S/C19H24N3/c1-14-9-10-21(5)19(13-14)17-7-6-8-18(15(17)2)22-12-11-20(4)16(22)3/h6-13,16H,1-5H3/q+1/t16-/m1/s1. The quantitative estimate of drug-likeness (QED) is 0.786. The van der Waals surface area contributed by atoms with Gasteiger partial charge in [-0.1, -0.05) is 6.07 Å². The van der Waals surface area contributed by atoms with Gasteiger partial charge in [0.25, 0.3) is 0 Å². The molecule has 1 aliphatic rings. The maximum atomic E-state index is 2.33. The van der Waals surface area contributed by atoms with Crippen LogP contribution in [0, 0.1) is 13.8 Å². The number of hydrogen-bond acceptors (Lipinski definition) is 2. The minimum absolute atomic E-state index is 0.347. The second-order valence-corrected chi connectivity index (χ2v) is 6.15. The molecular formula is C19H24N3+. The van der Waals surface area contributed by atoms with Crippen LogP contribution < -0.4 is 9.47 Å². The summed E-state index contributed by atoms with van der Waals surface area (Å²) in [6.07, 6.45) is 6.76. The lowest BCUT2D eigenvalue weighted by Gasteiger charge is -2.28. The number of rotatable bonds is 2. The van der Waals surface area contributed by atoms with Gasteiger partial charge >= 0.3 is 0 Å². The summed E-state index contributed by atoms with van der Waals surface area (Å²) in [7, 11) is 4.22. The molecule has 114 valence electrons. The minimum atomic E-state index is 0.347. The largest absolute Gasteiger partial charge is 0.359 e. The highest BCUT2D eigenvalue weighted by atomic mass is 15.4. The lowest BCUT2D eigenvalue weighted by molar-refractivity contribution is -0.660. The molecule has 3 heteroatoms. The topological polar surface area (TPSA) is 10.4 Å². The summed E-state index contributed by atoms with van der Waals surface area (Å²) in [4.78, 5) is 4.55. The van der Waals surface area contributed by atoms with E-state index in [4.69, 9.17) is 0 Å². The molecule has 3 rings (SSSR count). The molecule has 3 nitrogen and oxygen atoms in total. The third kappa shape index (κ3) is 2.37. The van der Waals surface area contributed by atoms with Gasteiger partial charge in [0.15, 0.2) is 6.20 Å². The average Bonchev–Trinajstić information content (AvgIpc) is 2.82. The van der Waals surface area contributed by atoms with Crippen molar-refractivity contribution in [3.63, 3.8) is 0 Å². The molecule has 0 amide bonds. The van der Waals surface area contributed by atoms with Gasteiger partial charge in [0.1, 0.15) is 13.2 Å². The van der Waals surface area contributed by atoms with E-state index in [9.17, 15) is 0 Å². The summed E-state index contributed by atoms with van der Waals surface area (Å²) in [5.74, 6) is 0. The monoisotopic (exact) mass is 294 g/mol. The summed E-state index contributed by atoms with van der Waals surface area (Å²) < 4.78 is 2.19. The van der Waals surface area contributed by atoms with Crippen molar-refractivity contribution >= 4 is 5.69 Å². The Morgan fingerprint density at radius 1 is 1.09 bits per heavy atom. The van der Waals surface area contributed by atoms with Crippen molar-refractivity contribution in [3.05, 3.63) is 60.1 Å². The second-order valence-electron chi connectivity index (χ2n) is 6.15. The maximum absolute atomic E-state index is 2.33. The van der Waals surface area contributed by atoms with Gasteiger partial charge in [-0.3, -0.25) is 0 Å². The van der Waals surface area contributed by atoms with Crippen molar-refractivity contribution in [1.29, 1.82) is 0 Å². The SMILES string of the molecule is Cc1cc[n+](C)c(-c2cccc(N3C=CN(C)[C@H]3C)c2C)c1. The molecular weight excluding hydrogens is 270 g/mol. The first kappa shape index (κ1) is 14.6. The highest BCUT2D eigenvalue weighted by Crippen LogP contribution is 2.32. The third-order valence-corrected chi connectivity index (χ3v) is 4.62. The number of pyridine rings is 1. The molecule has 2 aromatic rings. The zero-order chi connectivity index (χ0) is 15.9. The van der Waals surface area contributed by atoms with E-state index < -0.39 is 0 Å². The van der Waals surface area contributed by atoms with Crippen molar-refractivity contribution in [2.24, 2.45) is 7.05 Å². The van der Waals surface area contributed by atoms with Crippen LogP contribution in [0.15, 0.2) is 48.9 Å². The lowest BCUT2D eigenvalue weighted by atomic mass is 10.0. The predicted octanol–water partition coefficient (Wildman–Crippen LogP) is 3.36. The van der Waals surface area contributed by atoms with Gasteiger partial charge in [0, 0.05) is 37.3 Å². The molecule has 0 fully saturated rings. The van der Waals surface area contributed by atoms with Crippen LogP contribution in [0.25, 0.3) is 11.3 Å². The predicted molar refractivity (Wildman–Crippen MR) is 91.4 cm³/mol. The molecule has 1 aromatic heterocycles. The lowest BCUT2D eigenvalue weighted by Crippen LogP contribution is -2.34. The Hall–Kier alpha value is -2.29. The third-order valence-electron chi connectivity index (χ3n) is 4.62. The van der Waals surface area contributed by atoms with Crippen LogP contribution in [0.3, 0.4) is 0 Å². The first-order valence-electron chi connectivity index (χ1n) is 7.74. The molecule has 1 aliphatic heterocycles. The Morgan fingerprint density at radius 3 is 2.55 bits per heavy atom. The fourth-order valence-corrected chi connectivity index (χ4v) is 3.03. The number of aromatic nitrogens is 1. The van der Waals surface area contributed by atoms with Gasteiger partial charge in [-0.15, -0.1) is 0 Å². The van der Waals surface area contributed by atoms with E-state index in [-0.39, 0.29) is 0 Å². The summed E-state index contributed by atoms with van der Waals surface area (Å²) in [6.45, 7) is 6.58. The van der Waals surface area contributed by atoms with Crippen LogP contribution >= 0.6 is 0 Å². The number of nitrogens with zero attached hydrogens (tertiary/aromatic N) is 3. The smallest absolute Gasteiger partial charge is 0.212 e. The van der Waals surface area contributed by atoms with Gasteiger partial charge in [-0.2, -0.15) is 0 Å². The Balaban J connectivity index is 2.10. The van der Waals surface area contributed by atoms with Crippen LogP contribution in [-0.4, -0.2) is 18.1 Å². The molecule has 0 saturated carbocycles. The molecule has 0 saturated heterocycles. The van der Waals surface area contributed by atoms with E-state index in [2.05, 4.69) is 98.2 Å². The summed E-state index contributed by atoms with van der Waals surface area (Å²) in [5.41, 5.74) is 6.41. The Morgan fingerprint density at radius 2 is 1.86 bits per heavy atom. The molecule has 0 radical (unpaired) electrons. The van der Waals surface area contributed by atoms with Gasteiger partial charge in [-0.05, 0) is 44.0 Å². The van der Waals surface area contributed by atoms with Crippen LogP contribution in [-0.2, 0) is 7.05 Å². The van der Waals surface area contributed by atoms with E-state index in [1.807, 2.05) is 0 Å². The molecule has 22 heavy (non-hydrogen) atoms. The summed E-state index contributed by atoms with van der Waals surface area (Å²) >= 11 is 0. The second kappa shape index (κ2) is 5.48. The fourth-order valence-electron chi connectivity index (χ4n) is 3.03. The van der Waals surface area contributed by atoms with E-state index in [0.717, 1.165) is 0 Å². The number of anilines is 1. The van der Waals surface area contributed by atoms with Crippen molar-refractivity contribution < 1.29 is 4.57 Å². The molecule has 0 bridgehead atoms. The Kier molecular flexibility index (Phi) is 3.65. The zero-order valence-corrected chi connectivity index (χ0v) is 14.0. The normalized spacial score (nSPS) is 17.4. The molecule has 1 atom stereocenters. The molecule has 0 unspecified atom stereocenters. The zero-order valence-electron chi connectivity index (χ0n) is 14.0. The van der Waals surface area contributed by atoms with Gasteiger partial charge in [-0.25, -0.2) is 4.57 Å². The van der Waals surface area contributed by atoms with Crippen LogP contribution in [0.2, 0.25) is 0 Å².